The fourth-order valence-corrected chi connectivity index (χ4v) is 10.0. The molecule has 4 heterocycles. The smallest absolute Gasteiger partial charge is 0.178 e. The molecule has 3 N–H and O–H groups in total. The van der Waals surface area contributed by atoms with Gasteiger partial charge in [-0.2, -0.15) is 0 Å². The highest BCUT2D eigenvalue weighted by molar-refractivity contribution is 5.86. The molecule has 3 aliphatic heterocycles. The molecule has 1 aromatic heterocycles. The number of nitrogens with one attached hydrogen (secondary N) is 1. The molecule has 0 radical (unpaired) electrons. The summed E-state index contributed by atoms with van der Waals surface area (Å²) in [7, 11) is 0. The van der Waals surface area contributed by atoms with E-state index in [1.165, 1.54) is 16.6 Å². The molecule has 6 aliphatic rings. The molecule has 1 spiro atoms. The standard InChI is InChI=1S/C32H41NO6/c1-16(2)13-23-37-24-26(28(3,4)38-23)36-22-11-12-29(5)30(6)17(15-21(34)32(29,35)31(22)27(24)39-31)14-19-18-9-7-8-10-20(18)33-25(19)30/h7-10,13,17,21-24,26-27,33-35H,11-12,14-15H2,1-6H3/t17-,21+,22+,23+,24-,26+,27-,29-,30-,31+,32+/m1/s1. The second-order valence-electron chi connectivity index (χ2n) is 14.3. The summed E-state index contributed by atoms with van der Waals surface area (Å²) in [6.45, 7) is 12.7. The maximum absolute atomic E-state index is 13.1. The number of rotatable bonds is 1. The van der Waals surface area contributed by atoms with E-state index in [0.717, 1.165) is 30.4 Å². The summed E-state index contributed by atoms with van der Waals surface area (Å²) >= 11 is 0. The van der Waals surface area contributed by atoms with E-state index in [1.54, 1.807) is 0 Å². The van der Waals surface area contributed by atoms with Crippen molar-refractivity contribution in [3.8, 4) is 0 Å². The number of allylic oxidation sites excluding steroid dienone is 1. The average molecular weight is 536 g/mol. The number of para-hydroxylation sites is 1. The van der Waals surface area contributed by atoms with Crippen molar-refractivity contribution in [1.29, 1.82) is 0 Å². The molecule has 0 bridgehead atoms. The minimum Gasteiger partial charge on any atom is -0.390 e. The highest BCUT2D eigenvalue weighted by Crippen LogP contribution is 2.75. The second-order valence-corrected chi connectivity index (χ2v) is 14.3. The van der Waals surface area contributed by atoms with Gasteiger partial charge in [-0.05, 0) is 77.0 Å². The van der Waals surface area contributed by atoms with Crippen molar-refractivity contribution in [2.45, 2.75) is 126 Å². The number of H-pyrrole nitrogens is 1. The average Bonchev–Trinajstić information content (AvgIpc) is 3.45. The third-order valence-electron chi connectivity index (χ3n) is 12.0. The largest absolute Gasteiger partial charge is 0.390 e. The lowest BCUT2D eigenvalue weighted by Crippen LogP contribution is -2.81. The summed E-state index contributed by atoms with van der Waals surface area (Å²) in [5, 5.41) is 26.3. The highest BCUT2D eigenvalue weighted by Gasteiger charge is 2.89. The van der Waals surface area contributed by atoms with Gasteiger partial charge in [0.2, 0.25) is 0 Å². The lowest BCUT2D eigenvalue weighted by Gasteiger charge is -2.68. The molecule has 3 saturated heterocycles. The lowest BCUT2D eigenvalue weighted by atomic mass is 9.40. The minimum absolute atomic E-state index is 0.228. The topological polar surface area (TPSA) is 96.5 Å². The van der Waals surface area contributed by atoms with E-state index >= 15 is 0 Å². The van der Waals surface area contributed by atoms with Crippen LogP contribution in [0.5, 0.6) is 0 Å². The van der Waals surface area contributed by atoms with Crippen LogP contribution in [-0.2, 0) is 30.8 Å². The van der Waals surface area contributed by atoms with E-state index < -0.39 is 40.7 Å². The third kappa shape index (κ3) is 2.67. The zero-order valence-corrected chi connectivity index (χ0v) is 23.8. The molecule has 0 amide bonds. The Labute approximate surface area is 229 Å². The molecule has 2 saturated carbocycles. The van der Waals surface area contributed by atoms with Crippen molar-refractivity contribution >= 4 is 10.9 Å². The van der Waals surface area contributed by atoms with Gasteiger partial charge >= 0.3 is 0 Å². The van der Waals surface area contributed by atoms with Gasteiger partial charge in [0.25, 0.3) is 0 Å². The zero-order valence-electron chi connectivity index (χ0n) is 23.8. The number of aliphatic hydroxyl groups excluding tert-OH is 1. The van der Waals surface area contributed by atoms with Crippen molar-refractivity contribution < 1.29 is 29.2 Å². The minimum atomic E-state index is -1.50. The monoisotopic (exact) mass is 535 g/mol. The molecule has 5 fully saturated rings. The molecule has 7 heteroatoms. The molecule has 39 heavy (non-hydrogen) atoms. The summed E-state index contributed by atoms with van der Waals surface area (Å²) in [6.07, 6.45) is 2.00. The fourth-order valence-electron chi connectivity index (χ4n) is 10.0. The first-order chi connectivity index (χ1) is 18.4. The Morgan fingerprint density at radius 3 is 2.59 bits per heavy atom. The van der Waals surface area contributed by atoms with E-state index in [1.807, 2.05) is 33.8 Å². The number of epoxide rings is 1. The second kappa shape index (κ2) is 7.36. The molecular weight excluding hydrogens is 494 g/mol. The number of aliphatic hydroxyl groups is 2. The Bertz CT molecular complexity index is 1410. The summed E-state index contributed by atoms with van der Waals surface area (Å²) in [6, 6.07) is 8.48. The van der Waals surface area contributed by atoms with E-state index in [2.05, 4.69) is 43.1 Å². The van der Waals surface area contributed by atoms with Gasteiger partial charge in [0.1, 0.15) is 23.9 Å². The van der Waals surface area contributed by atoms with E-state index in [4.69, 9.17) is 18.9 Å². The summed E-state index contributed by atoms with van der Waals surface area (Å²) < 4.78 is 26.3. The number of hydrogen-bond acceptors (Lipinski definition) is 6. The third-order valence-corrected chi connectivity index (χ3v) is 12.0. The van der Waals surface area contributed by atoms with Gasteiger partial charge in [0.05, 0.1) is 17.8 Å². The Balaban J connectivity index is 1.25. The normalized spacial score (nSPS) is 50.6. The summed E-state index contributed by atoms with van der Waals surface area (Å²) in [5.41, 5.74) is 0.688. The predicted octanol–water partition coefficient (Wildman–Crippen LogP) is 4.29. The molecule has 1 aromatic carbocycles. The van der Waals surface area contributed by atoms with Crippen LogP contribution in [-0.4, -0.2) is 68.8 Å². The maximum atomic E-state index is 13.1. The van der Waals surface area contributed by atoms with Crippen LogP contribution in [0.1, 0.15) is 72.1 Å². The zero-order chi connectivity index (χ0) is 27.3. The van der Waals surface area contributed by atoms with Gasteiger partial charge in [-0.15, -0.1) is 0 Å². The van der Waals surface area contributed by atoms with Crippen LogP contribution >= 0.6 is 0 Å². The van der Waals surface area contributed by atoms with Crippen LogP contribution in [0.4, 0.5) is 0 Å². The van der Waals surface area contributed by atoms with Crippen LogP contribution < -0.4 is 0 Å². The van der Waals surface area contributed by atoms with Crippen LogP contribution in [0.3, 0.4) is 0 Å². The van der Waals surface area contributed by atoms with Crippen molar-refractivity contribution in [1.82, 2.24) is 4.98 Å². The van der Waals surface area contributed by atoms with Gasteiger partial charge < -0.3 is 34.1 Å². The first-order valence-electron chi connectivity index (χ1n) is 14.7. The van der Waals surface area contributed by atoms with Crippen LogP contribution in [0, 0.1) is 11.3 Å². The highest BCUT2D eigenvalue weighted by atomic mass is 16.8. The van der Waals surface area contributed by atoms with Crippen LogP contribution in [0.2, 0.25) is 0 Å². The van der Waals surface area contributed by atoms with Gasteiger partial charge in [0, 0.05) is 27.4 Å². The lowest BCUT2D eigenvalue weighted by molar-refractivity contribution is -0.351. The predicted molar refractivity (Wildman–Crippen MR) is 145 cm³/mol. The first kappa shape index (κ1) is 25.0. The summed E-state index contributed by atoms with van der Waals surface area (Å²) in [5.74, 6) is 0.228. The Kier molecular flexibility index (Phi) is 4.72. The summed E-state index contributed by atoms with van der Waals surface area (Å²) in [4.78, 5) is 3.77. The molecule has 2 aromatic rings. The molecule has 8 rings (SSSR count). The molecule has 0 unspecified atom stereocenters. The number of aromatic nitrogens is 1. The molecule has 11 atom stereocenters. The molecule has 3 aliphatic carbocycles. The molecular formula is C32H41NO6. The number of hydrogen-bond donors (Lipinski definition) is 3. The SMILES string of the molecule is CC(C)=C[C@H]1O[C@H]2[C@H]3O[C@@]34[C@H](CC[C@@]3(C)[C@@]4(O)[C@@H](O)C[C@H]4Cc5c([nH]c6ccccc56)[C@@]43C)O[C@@H]2C(C)(C)O1. The molecule has 210 valence electrons. The maximum Gasteiger partial charge on any atom is 0.178 e. The van der Waals surface area contributed by atoms with Gasteiger partial charge in [0.15, 0.2) is 11.9 Å². The Hall–Kier alpha value is -1.74. The quantitative estimate of drug-likeness (QED) is 0.373. The van der Waals surface area contributed by atoms with Gasteiger partial charge in [-0.3, -0.25) is 0 Å². The van der Waals surface area contributed by atoms with E-state index in [9.17, 15) is 10.2 Å². The van der Waals surface area contributed by atoms with Crippen molar-refractivity contribution in [2.75, 3.05) is 0 Å². The van der Waals surface area contributed by atoms with Crippen molar-refractivity contribution in [2.24, 2.45) is 11.3 Å². The fraction of sp³-hybridized carbons (Fsp3) is 0.688. The number of benzene rings is 1. The Morgan fingerprint density at radius 2 is 1.82 bits per heavy atom. The first-order valence-corrected chi connectivity index (χ1v) is 14.7. The number of aromatic amines is 1. The van der Waals surface area contributed by atoms with E-state index in [-0.39, 0.29) is 29.6 Å². The number of fused-ring (bicyclic) bond motifs is 9. The van der Waals surface area contributed by atoms with Crippen molar-refractivity contribution in [3.05, 3.63) is 47.2 Å². The Morgan fingerprint density at radius 1 is 1.05 bits per heavy atom. The van der Waals surface area contributed by atoms with Gasteiger partial charge in [-0.25, -0.2) is 0 Å². The molecule has 7 nitrogen and oxygen atoms in total. The van der Waals surface area contributed by atoms with Gasteiger partial charge in [-0.1, -0.05) is 37.6 Å². The van der Waals surface area contributed by atoms with E-state index in [0.29, 0.717) is 6.42 Å². The number of ether oxygens (including phenoxy) is 4. The van der Waals surface area contributed by atoms with Crippen molar-refractivity contribution in [3.63, 3.8) is 0 Å². The van der Waals surface area contributed by atoms with Crippen LogP contribution in [0.15, 0.2) is 35.9 Å². The van der Waals surface area contributed by atoms with Crippen LogP contribution in [0.25, 0.3) is 10.9 Å².